The highest BCUT2D eigenvalue weighted by molar-refractivity contribution is 5.93. The molecule has 0 atom stereocenters. The average Bonchev–Trinajstić information content (AvgIpc) is 3.39. The fourth-order valence-electron chi connectivity index (χ4n) is 3.71. The van der Waals surface area contributed by atoms with Gasteiger partial charge in [-0.05, 0) is 43.4 Å². The van der Waals surface area contributed by atoms with E-state index in [0.717, 1.165) is 31.4 Å². The second kappa shape index (κ2) is 7.08. The Morgan fingerprint density at radius 2 is 2.03 bits per heavy atom. The van der Waals surface area contributed by atoms with Gasteiger partial charge in [0.25, 0.3) is 5.91 Å². The van der Waals surface area contributed by atoms with E-state index in [0.29, 0.717) is 28.0 Å². The highest BCUT2D eigenvalue weighted by Crippen LogP contribution is 2.25. The summed E-state index contributed by atoms with van der Waals surface area (Å²) in [6.07, 6.45) is 8.74. The van der Waals surface area contributed by atoms with Crippen molar-refractivity contribution in [1.29, 1.82) is 0 Å². The smallest absolute Gasteiger partial charge is 0.268 e. The molecule has 0 aromatic carbocycles. The number of hydrogen-bond acceptors (Lipinski definition) is 5. The number of fused-ring (bicyclic) bond motifs is 2. The van der Waals surface area contributed by atoms with Gasteiger partial charge < -0.3 is 10.3 Å². The Morgan fingerprint density at radius 3 is 2.90 bits per heavy atom. The molecule has 0 saturated carbocycles. The largest absolute Gasteiger partial charge is 0.354 e. The molecule has 4 aromatic heterocycles. The van der Waals surface area contributed by atoms with E-state index < -0.39 is 5.82 Å². The van der Waals surface area contributed by atoms with Crippen molar-refractivity contribution in [2.24, 2.45) is 0 Å². The van der Waals surface area contributed by atoms with Crippen LogP contribution in [0, 0.1) is 5.82 Å². The summed E-state index contributed by atoms with van der Waals surface area (Å²) in [5.41, 5.74) is 4.63. The van der Waals surface area contributed by atoms with E-state index in [1.54, 1.807) is 6.20 Å². The number of nitrogens with one attached hydrogen (secondary N) is 3. The normalized spacial score (nSPS) is 13.4. The number of amides is 1. The van der Waals surface area contributed by atoms with Crippen molar-refractivity contribution in [2.45, 2.75) is 32.2 Å². The van der Waals surface area contributed by atoms with Crippen LogP contribution in [0.4, 0.5) is 4.39 Å². The van der Waals surface area contributed by atoms with E-state index in [-0.39, 0.29) is 18.1 Å². The molecule has 0 unspecified atom stereocenters. The Bertz CT molecular complexity index is 1190. The number of pyridine rings is 1. The van der Waals surface area contributed by atoms with Gasteiger partial charge in [0.2, 0.25) is 0 Å². The summed E-state index contributed by atoms with van der Waals surface area (Å²) >= 11 is 0. The minimum atomic E-state index is -0.510. The molecule has 4 aromatic rings. The van der Waals surface area contributed by atoms with Crippen LogP contribution in [0.2, 0.25) is 0 Å². The van der Waals surface area contributed by atoms with Crippen molar-refractivity contribution < 1.29 is 9.18 Å². The molecule has 0 spiro atoms. The highest BCUT2D eigenvalue weighted by Gasteiger charge is 2.17. The van der Waals surface area contributed by atoms with Gasteiger partial charge in [-0.25, -0.2) is 14.4 Å². The lowest BCUT2D eigenvalue weighted by Crippen LogP contribution is -2.24. The Kier molecular flexibility index (Phi) is 4.27. The number of aromatic nitrogens is 6. The second-order valence-electron chi connectivity index (χ2n) is 7.08. The van der Waals surface area contributed by atoms with Gasteiger partial charge in [-0.15, -0.1) is 0 Å². The van der Waals surface area contributed by atoms with Gasteiger partial charge >= 0.3 is 0 Å². The van der Waals surface area contributed by atoms with E-state index in [1.165, 1.54) is 24.2 Å². The first kappa shape index (κ1) is 17.5. The van der Waals surface area contributed by atoms with E-state index in [2.05, 4.69) is 35.5 Å². The molecule has 0 radical (unpaired) electrons. The quantitative estimate of drug-likeness (QED) is 0.495. The van der Waals surface area contributed by atoms with Gasteiger partial charge in [0, 0.05) is 17.5 Å². The third-order valence-electron chi connectivity index (χ3n) is 5.21. The summed E-state index contributed by atoms with van der Waals surface area (Å²) in [4.78, 5) is 28.1. The van der Waals surface area contributed by atoms with Crippen LogP contribution in [0.5, 0.6) is 0 Å². The van der Waals surface area contributed by atoms with Crippen molar-refractivity contribution in [3.63, 3.8) is 0 Å². The Balaban J connectivity index is 1.33. The van der Waals surface area contributed by atoms with Crippen molar-refractivity contribution in [1.82, 2.24) is 35.5 Å². The molecule has 1 aliphatic rings. The van der Waals surface area contributed by atoms with Crippen molar-refractivity contribution in [3.05, 3.63) is 59.3 Å². The van der Waals surface area contributed by atoms with Crippen LogP contribution in [0.25, 0.3) is 22.3 Å². The number of carbonyl (C=O) groups excluding carboxylic acids is 1. The summed E-state index contributed by atoms with van der Waals surface area (Å²) < 4.78 is 14.6. The van der Waals surface area contributed by atoms with Crippen molar-refractivity contribution in [3.8, 4) is 11.3 Å². The maximum Gasteiger partial charge on any atom is 0.268 e. The number of halogens is 1. The molecule has 1 amide bonds. The second-order valence-corrected chi connectivity index (χ2v) is 7.08. The topological polar surface area (TPSA) is 112 Å². The van der Waals surface area contributed by atoms with Gasteiger partial charge in [0.1, 0.15) is 17.8 Å². The average molecular weight is 391 g/mol. The van der Waals surface area contributed by atoms with Gasteiger partial charge in [-0.2, -0.15) is 5.10 Å². The molecule has 5 rings (SSSR count). The maximum atomic E-state index is 14.6. The molecule has 0 saturated heterocycles. The van der Waals surface area contributed by atoms with Crippen molar-refractivity contribution >= 4 is 16.9 Å². The number of aryl methyl sites for hydroxylation is 2. The van der Waals surface area contributed by atoms with Gasteiger partial charge in [0.15, 0.2) is 5.65 Å². The van der Waals surface area contributed by atoms with E-state index in [9.17, 15) is 9.18 Å². The first-order chi connectivity index (χ1) is 14.2. The summed E-state index contributed by atoms with van der Waals surface area (Å²) in [5, 5.41) is 10.1. The lowest BCUT2D eigenvalue weighted by molar-refractivity contribution is 0.0945. The lowest BCUT2D eigenvalue weighted by Gasteiger charge is -2.09. The first-order valence-electron chi connectivity index (χ1n) is 9.47. The SMILES string of the molecule is O=C(NCc1ncc(-c2ncnc3[nH]ncc23)cc1F)c1cc2c([nH]1)CCCC2. The molecule has 9 heteroatoms. The molecular weight excluding hydrogens is 373 g/mol. The standard InChI is InChI=1S/C20H18FN7O/c21-14-5-12(18-13-8-26-28-19(13)25-10-24-18)7-22-17(14)9-23-20(29)16-6-11-3-1-2-4-15(11)27-16/h5-8,10,27H,1-4,9H2,(H,23,29)(H,24,25,26,28). The van der Waals surface area contributed by atoms with Gasteiger partial charge in [-0.3, -0.25) is 14.9 Å². The molecule has 29 heavy (non-hydrogen) atoms. The third-order valence-corrected chi connectivity index (χ3v) is 5.21. The summed E-state index contributed by atoms with van der Waals surface area (Å²) in [6, 6.07) is 3.25. The number of nitrogens with zero attached hydrogens (tertiary/aromatic N) is 4. The van der Waals surface area contributed by atoms with Crippen LogP contribution in [-0.4, -0.2) is 36.0 Å². The van der Waals surface area contributed by atoms with Crippen LogP contribution < -0.4 is 5.32 Å². The number of rotatable bonds is 4. The summed E-state index contributed by atoms with van der Waals surface area (Å²) in [5.74, 6) is -0.774. The first-order valence-corrected chi connectivity index (χ1v) is 9.47. The Morgan fingerprint density at radius 1 is 1.14 bits per heavy atom. The highest BCUT2D eigenvalue weighted by atomic mass is 19.1. The summed E-state index contributed by atoms with van der Waals surface area (Å²) in [7, 11) is 0. The fourth-order valence-corrected chi connectivity index (χ4v) is 3.71. The van der Waals surface area contributed by atoms with E-state index in [4.69, 9.17) is 0 Å². The molecule has 3 N–H and O–H groups in total. The zero-order valence-electron chi connectivity index (χ0n) is 15.5. The van der Waals surface area contributed by atoms with Crippen molar-refractivity contribution in [2.75, 3.05) is 0 Å². The number of H-pyrrole nitrogens is 2. The van der Waals surface area contributed by atoms with Crippen LogP contribution in [-0.2, 0) is 19.4 Å². The fraction of sp³-hybridized carbons (Fsp3) is 0.250. The van der Waals surface area contributed by atoms with Gasteiger partial charge in [0.05, 0.1) is 29.5 Å². The van der Waals surface area contributed by atoms with Crippen LogP contribution >= 0.6 is 0 Å². The Labute approximate surface area is 165 Å². The predicted octanol–water partition coefficient (Wildman–Crippen LogP) is 2.69. The van der Waals surface area contributed by atoms with Crippen LogP contribution in [0.3, 0.4) is 0 Å². The third kappa shape index (κ3) is 3.24. The minimum absolute atomic E-state index is 0.000468. The van der Waals surface area contributed by atoms with E-state index in [1.807, 2.05) is 6.07 Å². The molecule has 146 valence electrons. The predicted molar refractivity (Wildman–Crippen MR) is 103 cm³/mol. The molecule has 0 fully saturated rings. The molecule has 4 heterocycles. The molecule has 1 aliphatic carbocycles. The maximum absolute atomic E-state index is 14.6. The zero-order chi connectivity index (χ0) is 19.8. The molecule has 8 nitrogen and oxygen atoms in total. The van der Waals surface area contributed by atoms with E-state index >= 15 is 0 Å². The van der Waals surface area contributed by atoms with Crippen LogP contribution in [0.1, 0.15) is 40.3 Å². The number of carbonyl (C=O) groups is 1. The summed E-state index contributed by atoms with van der Waals surface area (Å²) in [6.45, 7) is -0.000468. The molecule has 0 aliphatic heterocycles. The molecular formula is C20H18FN7O. The van der Waals surface area contributed by atoms with Gasteiger partial charge in [-0.1, -0.05) is 0 Å². The number of hydrogen-bond donors (Lipinski definition) is 3. The Hall–Kier alpha value is -3.62. The zero-order valence-corrected chi connectivity index (χ0v) is 15.5. The number of aromatic amines is 2. The molecule has 0 bridgehead atoms. The lowest BCUT2D eigenvalue weighted by atomic mass is 9.98. The van der Waals surface area contributed by atoms with Crippen LogP contribution in [0.15, 0.2) is 30.9 Å². The monoisotopic (exact) mass is 391 g/mol. The minimum Gasteiger partial charge on any atom is -0.354 e.